The average Bonchev–Trinajstić information content (AvgIpc) is 2.35. The zero-order valence-corrected chi connectivity index (χ0v) is 11.9. The number of hydrogen-bond acceptors (Lipinski definition) is 2. The van der Waals surface area contributed by atoms with E-state index < -0.39 is 5.60 Å². The number of carbonyl (C=O) groups excluding carboxylic acids is 1. The fraction of sp³-hybridized carbons (Fsp3) is 0.438. The molecule has 102 valence electrons. The Hall–Kier alpha value is -1.77. The van der Waals surface area contributed by atoms with Crippen LogP contribution in [0.15, 0.2) is 24.8 Å². The average molecular weight is 259 g/mol. The van der Waals surface area contributed by atoms with E-state index in [0.717, 1.165) is 30.6 Å². The van der Waals surface area contributed by atoms with Gasteiger partial charge in [-0.3, -0.25) is 4.90 Å². The van der Waals surface area contributed by atoms with Crippen LogP contribution in [0.3, 0.4) is 0 Å². The summed E-state index contributed by atoms with van der Waals surface area (Å²) in [6.45, 7) is 10.2. The summed E-state index contributed by atoms with van der Waals surface area (Å²) in [5.74, 6) is 0. The van der Waals surface area contributed by atoms with Crippen LogP contribution in [0.2, 0.25) is 0 Å². The minimum atomic E-state index is -0.463. The van der Waals surface area contributed by atoms with Crippen LogP contribution in [0, 0.1) is 0 Å². The van der Waals surface area contributed by atoms with Crippen molar-refractivity contribution >= 4 is 17.9 Å². The van der Waals surface area contributed by atoms with E-state index in [-0.39, 0.29) is 6.09 Å². The highest BCUT2D eigenvalue weighted by molar-refractivity contribution is 5.89. The molecule has 1 aromatic rings. The first-order chi connectivity index (χ1) is 8.90. The van der Waals surface area contributed by atoms with E-state index in [1.165, 1.54) is 5.56 Å². The normalized spacial score (nSPS) is 14.8. The first-order valence-electron chi connectivity index (χ1n) is 6.66. The molecule has 0 atom stereocenters. The molecular formula is C16H21NO2. The highest BCUT2D eigenvalue weighted by Crippen LogP contribution is 2.29. The van der Waals surface area contributed by atoms with Crippen LogP contribution >= 0.6 is 0 Å². The van der Waals surface area contributed by atoms with Gasteiger partial charge < -0.3 is 4.74 Å². The van der Waals surface area contributed by atoms with Gasteiger partial charge in [-0.1, -0.05) is 18.7 Å². The number of aryl methyl sites for hydroxylation is 1. The minimum Gasteiger partial charge on any atom is -0.443 e. The summed E-state index contributed by atoms with van der Waals surface area (Å²) in [6.07, 6.45) is 3.52. The molecule has 3 nitrogen and oxygen atoms in total. The maximum absolute atomic E-state index is 12.2. The van der Waals surface area contributed by atoms with Crippen molar-refractivity contribution in [1.82, 2.24) is 0 Å². The van der Waals surface area contributed by atoms with Gasteiger partial charge in [-0.05, 0) is 56.9 Å². The fourth-order valence-electron chi connectivity index (χ4n) is 2.25. The molecule has 0 radical (unpaired) electrons. The Morgan fingerprint density at radius 2 is 2.16 bits per heavy atom. The van der Waals surface area contributed by atoms with Gasteiger partial charge in [0.05, 0.1) is 5.69 Å². The summed E-state index contributed by atoms with van der Waals surface area (Å²) < 4.78 is 5.46. The lowest BCUT2D eigenvalue weighted by molar-refractivity contribution is 0.0578. The van der Waals surface area contributed by atoms with Crippen LogP contribution in [-0.2, 0) is 11.2 Å². The van der Waals surface area contributed by atoms with E-state index in [0.29, 0.717) is 0 Å². The van der Waals surface area contributed by atoms with E-state index in [9.17, 15) is 4.79 Å². The van der Waals surface area contributed by atoms with Crippen molar-refractivity contribution in [3.8, 4) is 0 Å². The molecule has 0 fully saturated rings. The first-order valence-corrected chi connectivity index (χ1v) is 6.66. The number of ether oxygens (including phenoxy) is 1. The lowest BCUT2D eigenvalue weighted by Gasteiger charge is -2.31. The molecule has 0 unspecified atom stereocenters. The van der Waals surface area contributed by atoms with Gasteiger partial charge in [-0.15, -0.1) is 0 Å². The van der Waals surface area contributed by atoms with E-state index in [4.69, 9.17) is 4.74 Å². The molecule has 1 amide bonds. The highest BCUT2D eigenvalue weighted by atomic mass is 16.6. The van der Waals surface area contributed by atoms with E-state index in [2.05, 4.69) is 12.6 Å². The second-order valence-corrected chi connectivity index (χ2v) is 5.83. The largest absolute Gasteiger partial charge is 0.443 e. The molecule has 1 aromatic carbocycles. The SMILES string of the molecule is C=Cc1ccc2c(c1)CCCN2C(=O)OC(C)(C)C. The Kier molecular flexibility index (Phi) is 3.65. The predicted octanol–water partition coefficient (Wildman–Crippen LogP) is 4.02. The third-order valence-corrected chi connectivity index (χ3v) is 3.07. The van der Waals surface area contributed by atoms with E-state index >= 15 is 0 Å². The monoisotopic (exact) mass is 259 g/mol. The topological polar surface area (TPSA) is 29.5 Å². The molecule has 0 saturated heterocycles. The number of nitrogens with zero attached hydrogens (tertiary/aromatic N) is 1. The maximum atomic E-state index is 12.2. The third kappa shape index (κ3) is 3.16. The van der Waals surface area contributed by atoms with Crippen molar-refractivity contribution in [3.63, 3.8) is 0 Å². The molecule has 0 bridgehead atoms. The van der Waals surface area contributed by atoms with Crippen molar-refractivity contribution in [2.75, 3.05) is 11.4 Å². The maximum Gasteiger partial charge on any atom is 0.414 e. The molecule has 0 aromatic heterocycles. The molecule has 0 N–H and O–H groups in total. The van der Waals surface area contributed by atoms with Crippen LogP contribution in [0.5, 0.6) is 0 Å². The van der Waals surface area contributed by atoms with Crippen LogP contribution in [0.25, 0.3) is 6.08 Å². The number of benzene rings is 1. The summed E-state index contributed by atoms with van der Waals surface area (Å²) >= 11 is 0. The molecule has 1 aliphatic rings. The second kappa shape index (κ2) is 5.08. The molecule has 19 heavy (non-hydrogen) atoms. The van der Waals surface area contributed by atoms with Gasteiger partial charge in [0, 0.05) is 6.54 Å². The quantitative estimate of drug-likeness (QED) is 0.762. The highest BCUT2D eigenvalue weighted by Gasteiger charge is 2.27. The van der Waals surface area contributed by atoms with Gasteiger partial charge in [0.2, 0.25) is 0 Å². The Labute approximate surface area is 114 Å². The smallest absolute Gasteiger partial charge is 0.414 e. The van der Waals surface area contributed by atoms with Gasteiger partial charge in [-0.25, -0.2) is 4.79 Å². The van der Waals surface area contributed by atoms with Crippen molar-refractivity contribution in [1.29, 1.82) is 0 Å². The zero-order valence-electron chi connectivity index (χ0n) is 11.9. The standard InChI is InChI=1S/C16H21NO2/c1-5-12-8-9-14-13(11-12)7-6-10-17(14)15(18)19-16(2,3)4/h5,8-9,11H,1,6-7,10H2,2-4H3. The van der Waals surface area contributed by atoms with Gasteiger partial charge in [0.25, 0.3) is 0 Å². The molecule has 0 saturated carbocycles. The summed E-state index contributed by atoms with van der Waals surface area (Å²) in [7, 11) is 0. The molecule has 0 aliphatic carbocycles. The van der Waals surface area contributed by atoms with Gasteiger partial charge in [0.1, 0.15) is 5.60 Å². The predicted molar refractivity (Wildman–Crippen MR) is 78.4 cm³/mol. The zero-order chi connectivity index (χ0) is 14.0. The van der Waals surface area contributed by atoms with E-state index in [1.54, 1.807) is 4.90 Å². The number of rotatable bonds is 1. The van der Waals surface area contributed by atoms with Gasteiger partial charge in [0.15, 0.2) is 0 Å². The van der Waals surface area contributed by atoms with Crippen molar-refractivity contribution in [2.45, 2.75) is 39.2 Å². The summed E-state index contributed by atoms with van der Waals surface area (Å²) in [6, 6.07) is 6.06. The summed E-state index contributed by atoms with van der Waals surface area (Å²) in [5, 5.41) is 0. The number of amides is 1. The van der Waals surface area contributed by atoms with Gasteiger partial charge in [-0.2, -0.15) is 0 Å². The van der Waals surface area contributed by atoms with Crippen molar-refractivity contribution in [3.05, 3.63) is 35.9 Å². The molecule has 2 rings (SSSR count). The van der Waals surface area contributed by atoms with Crippen molar-refractivity contribution in [2.24, 2.45) is 0 Å². The van der Waals surface area contributed by atoms with Crippen LogP contribution in [-0.4, -0.2) is 18.2 Å². The molecule has 3 heteroatoms. The first kappa shape index (κ1) is 13.7. The minimum absolute atomic E-state index is 0.264. The third-order valence-electron chi connectivity index (χ3n) is 3.07. The van der Waals surface area contributed by atoms with Crippen LogP contribution in [0.4, 0.5) is 10.5 Å². The molecule has 1 aliphatic heterocycles. The lowest BCUT2D eigenvalue weighted by Crippen LogP contribution is -2.39. The number of fused-ring (bicyclic) bond motifs is 1. The lowest BCUT2D eigenvalue weighted by atomic mass is 9.99. The van der Waals surface area contributed by atoms with Crippen LogP contribution < -0.4 is 4.90 Å². The van der Waals surface area contributed by atoms with Crippen molar-refractivity contribution < 1.29 is 9.53 Å². The number of carbonyl (C=O) groups is 1. The Bertz CT molecular complexity index is 500. The molecular weight excluding hydrogens is 238 g/mol. The summed E-state index contributed by atoms with van der Waals surface area (Å²) in [5.41, 5.74) is 2.78. The Morgan fingerprint density at radius 3 is 2.79 bits per heavy atom. The number of anilines is 1. The Morgan fingerprint density at radius 1 is 1.42 bits per heavy atom. The second-order valence-electron chi connectivity index (χ2n) is 5.83. The van der Waals surface area contributed by atoms with Crippen LogP contribution in [0.1, 0.15) is 38.3 Å². The fourth-order valence-corrected chi connectivity index (χ4v) is 2.25. The Balaban J connectivity index is 2.27. The molecule has 0 spiro atoms. The van der Waals surface area contributed by atoms with E-state index in [1.807, 2.05) is 39.0 Å². The molecule has 1 heterocycles. The summed E-state index contributed by atoms with van der Waals surface area (Å²) in [4.78, 5) is 13.9. The number of hydrogen-bond donors (Lipinski definition) is 0. The van der Waals surface area contributed by atoms with Gasteiger partial charge >= 0.3 is 6.09 Å².